The highest BCUT2D eigenvalue weighted by Crippen LogP contribution is 2.16. The molecule has 0 unspecified atom stereocenters. The first-order valence-corrected chi connectivity index (χ1v) is 9.88. The van der Waals surface area contributed by atoms with Crippen molar-refractivity contribution in [2.24, 2.45) is 10.7 Å². The number of nitrogens with one attached hydrogen (secondary N) is 3. The molecule has 1 aromatic rings. The molecule has 5 N–H and O–H groups in total. The number of benzene rings is 1. The Bertz CT molecular complexity index is 728. The Hall–Kier alpha value is -2.04. The summed E-state index contributed by atoms with van der Waals surface area (Å²) in [4.78, 5) is 27.8. The summed E-state index contributed by atoms with van der Waals surface area (Å²) in [5, 5.41) is 9.47. The number of alkyl carbamates (subject to hydrolysis) is 1. The molecule has 1 rings (SSSR count). The fourth-order valence-electron chi connectivity index (χ4n) is 2.73. The molecule has 0 aliphatic heterocycles. The molecule has 0 aliphatic rings. The molecule has 0 aromatic heterocycles. The van der Waals surface area contributed by atoms with E-state index in [9.17, 15) is 9.59 Å². The van der Waals surface area contributed by atoms with E-state index in [0.29, 0.717) is 24.6 Å². The molecule has 0 spiro atoms. The number of hydrogen-bond donors (Lipinski definition) is 4. The van der Waals surface area contributed by atoms with Crippen LogP contribution in [0.3, 0.4) is 0 Å². The van der Waals surface area contributed by atoms with Crippen LogP contribution in [-0.4, -0.2) is 42.7 Å². The molecular formula is C21H36IN5O3. The number of amides is 2. The summed E-state index contributed by atoms with van der Waals surface area (Å²) < 4.78 is 5.40. The van der Waals surface area contributed by atoms with Crippen molar-refractivity contribution in [3.63, 3.8) is 0 Å². The lowest BCUT2D eigenvalue weighted by Crippen LogP contribution is -2.57. The summed E-state index contributed by atoms with van der Waals surface area (Å²) in [7, 11) is 1.68. The van der Waals surface area contributed by atoms with Gasteiger partial charge in [-0.3, -0.25) is 9.79 Å². The van der Waals surface area contributed by atoms with Crippen LogP contribution < -0.4 is 21.7 Å². The molecule has 30 heavy (non-hydrogen) atoms. The number of nitrogens with two attached hydrogens (primary N) is 1. The van der Waals surface area contributed by atoms with Gasteiger partial charge in [-0.25, -0.2) is 4.79 Å². The molecule has 0 bridgehead atoms. The van der Waals surface area contributed by atoms with E-state index in [2.05, 4.69) is 20.9 Å². The number of nitrogens with zero attached hydrogens (tertiary/aromatic N) is 1. The predicted molar refractivity (Wildman–Crippen MR) is 131 cm³/mol. The minimum atomic E-state index is -0.554. The van der Waals surface area contributed by atoms with E-state index in [1.54, 1.807) is 25.2 Å². The van der Waals surface area contributed by atoms with Crippen molar-refractivity contribution in [1.29, 1.82) is 0 Å². The Balaban J connectivity index is 0.00000841. The van der Waals surface area contributed by atoms with Crippen LogP contribution in [0.1, 0.15) is 63.4 Å². The van der Waals surface area contributed by atoms with Gasteiger partial charge in [0.2, 0.25) is 5.91 Å². The highest BCUT2D eigenvalue weighted by Gasteiger charge is 2.30. The van der Waals surface area contributed by atoms with Gasteiger partial charge >= 0.3 is 6.09 Å². The molecule has 8 nitrogen and oxygen atoms in total. The maximum absolute atomic E-state index is 12.3. The third kappa shape index (κ3) is 9.64. The molecule has 9 heteroatoms. The minimum absolute atomic E-state index is 0. The molecule has 0 fully saturated rings. The first-order chi connectivity index (χ1) is 13.5. The van der Waals surface area contributed by atoms with Crippen molar-refractivity contribution in [3.8, 4) is 0 Å². The second kappa shape index (κ2) is 12.6. The zero-order valence-electron chi connectivity index (χ0n) is 18.8. The predicted octanol–water partition coefficient (Wildman–Crippen LogP) is 3.15. The van der Waals surface area contributed by atoms with Gasteiger partial charge in [-0.1, -0.05) is 26.0 Å². The molecule has 2 amide bonds. The van der Waals surface area contributed by atoms with Crippen molar-refractivity contribution in [2.75, 3.05) is 13.6 Å². The highest BCUT2D eigenvalue weighted by molar-refractivity contribution is 14.0. The fourth-order valence-corrected chi connectivity index (χ4v) is 2.73. The number of halogens is 1. The Kier molecular flexibility index (Phi) is 11.8. The quantitative estimate of drug-likeness (QED) is 0.233. The lowest BCUT2D eigenvalue weighted by Gasteiger charge is -2.34. The van der Waals surface area contributed by atoms with Gasteiger partial charge in [0.05, 0.1) is 5.54 Å². The van der Waals surface area contributed by atoms with Crippen molar-refractivity contribution in [2.45, 2.75) is 65.1 Å². The summed E-state index contributed by atoms with van der Waals surface area (Å²) >= 11 is 0. The van der Waals surface area contributed by atoms with Crippen LogP contribution >= 0.6 is 24.0 Å². The lowest BCUT2D eigenvalue weighted by molar-refractivity contribution is 0.0448. The molecule has 0 atom stereocenters. The number of hydrogen-bond acceptors (Lipinski definition) is 4. The number of rotatable bonds is 8. The molecule has 0 radical (unpaired) electrons. The van der Waals surface area contributed by atoms with Gasteiger partial charge in [-0.15, -0.1) is 24.0 Å². The smallest absolute Gasteiger partial charge is 0.408 e. The minimum Gasteiger partial charge on any atom is -0.444 e. The number of aliphatic imine (C=N–C) groups is 1. The van der Waals surface area contributed by atoms with Crippen molar-refractivity contribution in [3.05, 3.63) is 35.4 Å². The van der Waals surface area contributed by atoms with Crippen LogP contribution in [0, 0.1) is 0 Å². The Labute approximate surface area is 196 Å². The zero-order chi connectivity index (χ0) is 22.1. The SMILES string of the molecule is CCC(CC)(CNC(=NC)NCc1cccc(C(N)=O)c1)NC(=O)OC(C)(C)C.I. The van der Waals surface area contributed by atoms with Gasteiger partial charge in [0.25, 0.3) is 0 Å². The van der Waals surface area contributed by atoms with E-state index in [1.807, 2.05) is 40.7 Å². The van der Waals surface area contributed by atoms with Crippen molar-refractivity contribution in [1.82, 2.24) is 16.0 Å². The van der Waals surface area contributed by atoms with Gasteiger partial charge in [0, 0.05) is 25.7 Å². The van der Waals surface area contributed by atoms with E-state index >= 15 is 0 Å². The third-order valence-electron chi connectivity index (χ3n) is 4.61. The lowest BCUT2D eigenvalue weighted by atomic mass is 9.93. The largest absolute Gasteiger partial charge is 0.444 e. The van der Waals surface area contributed by atoms with Gasteiger partial charge in [-0.05, 0) is 51.3 Å². The molecule has 0 saturated heterocycles. The van der Waals surface area contributed by atoms with Crippen LogP contribution in [0.15, 0.2) is 29.3 Å². The van der Waals surface area contributed by atoms with Crippen LogP contribution in [0.4, 0.5) is 4.79 Å². The Morgan fingerprint density at radius 3 is 2.27 bits per heavy atom. The number of carbonyl (C=O) groups is 2. The first kappa shape index (κ1) is 28.0. The topological polar surface area (TPSA) is 118 Å². The summed E-state index contributed by atoms with van der Waals surface area (Å²) in [6.45, 7) is 10.5. The summed E-state index contributed by atoms with van der Waals surface area (Å²) in [6, 6.07) is 7.11. The molecule has 0 saturated carbocycles. The second-order valence-corrected chi connectivity index (χ2v) is 7.96. The first-order valence-electron chi connectivity index (χ1n) is 9.88. The van der Waals surface area contributed by atoms with Gasteiger partial charge in [0.1, 0.15) is 5.60 Å². The summed E-state index contributed by atoms with van der Waals surface area (Å²) in [5.41, 5.74) is 5.68. The molecule has 0 heterocycles. The molecular weight excluding hydrogens is 497 g/mol. The van der Waals surface area contributed by atoms with E-state index in [4.69, 9.17) is 10.5 Å². The average Bonchev–Trinajstić information content (AvgIpc) is 2.65. The van der Waals surface area contributed by atoms with Crippen molar-refractivity contribution >= 4 is 41.9 Å². The van der Waals surface area contributed by atoms with E-state index in [0.717, 1.165) is 18.4 Å². The third-order valence-corrected chi connectivity index (χ3v) is 4.61. The van der Waals surface area contributed by atoms with Crippen LogP contribution in [-0.2, 0) is 11.3 Å². The van der Waals surface area contributed by atoms with Gasteiger partial charge in [0.15, 0.2) is 5.96 Å². The van der Waals surface area contributed by atoms with Crippen molar-refractivity contribution < 1.29 is 14.3 Å². The van der Waals surface area contributed by atoms with Crippen LogP contribution in [0.5, 0.6) is 0 Å². The zero-order valence-corrected chi connectivity index (χ0v) is 21.1. The monoisotopic (exact) mass is 533 g/mol. The van der Waals surface area contributed by atoms with Gasteiger partial charge in [-0.2, -0.15) is 0 Å². The summed E-state index contributed by atoms with van der Waals surface area (Å²) in [6.07, 6.45) is 1.02. The molecule has 1 aromatic carbocycles. The Morgan fingerprint density at radius 1 is 1.13 bits per heavy atom. The normalized spacial score (nSPS) is 11.9. The average molecular weight is 533 g/mol. The van der Waals surface area contributed by atoms with Crippen LogP contribution in [0.25, 0.3) is 0 Å². The van der Waals surface area contributed by atoms with Crippen LogP contribution in [0.2, 0.25) is 0 Å². The standard InChI is InChI=1S/C21H35N5O3.HI/c1-7-21(8-2,26-19(28)29-20(3,4)5)14-25-18(23-6)24-13-15-10-9-11-16(12-15)17(22)27;/h9-12H,7-8,13-14H2,1-6H3,(H2,22,27)(H,26,28)(H2,23,24,25);1H. The maximum atomic E-state index is 12.3. The summed E-state index contributed by atoms with van der Waals surface area (Å²) in [5.74, 6) is 0.130. The Morgan fingerprint density at radius 2 is 1.77 bits per heavy atom. The molecule has 170 valence electrons. The van der Waals surface area contributed by atoms with E-state index in [-0.39, 0.29) is 24.0 Å². The number of primary amides is 1. The highest BCUT2D eigenvalue weighted by atomic mass is 127. The number of carbonyl (C=O) groups excluding carboxylic acids is 2. The molecule has 0 aliphatic carbocycles. The fraction of sp³-hybridized carbons (Fsp3) is 0.571. The van der Waals surface area contributed by atoms with E-state index < -0.39 is 23.1 Å². The van der Waals surface area contributed by atoms with E-state index in [1.165, 1.54) is 0 Å². The second-order valence-electron chi connectivity index (χ2n) is 7.96. The number of ether oxygens (including phenoxy) is 1. The van der Waals surface area contributed by atoms with Gasteiger partial charge < -0.3 is 26.4 Å². The number of guanidine groups is 1. The maximum Gasteiger partial charge on any atom is 0.408 e.